The van der Waals surface area contributed by atoms with Gasteiger partial charge in [0.05, 0.1) is 13.2 Å². The van der Waals surface area contributed by atoms with Gasteiger partial charge in [0, 0.05) is 19.6 Å². The van der Waals surface area contributed by atoms with Crippen molar-refractivity contribution >= 4 is 17.8 Å². The molecular weight excluding hydrogens is 272 g/mol. The van der Waals surface area contributed by atoms with Gasteiger partial charge < -0.3 is 20.3 Å². The highest BCUT2D eigenvalue weighted by atomic mass is 16.5. The summed E-state index contributed by atoms with van der Waals surface area (Å²) >= 11 is 0. The van der Waals surface area contributed by atoms with Crippen molar-refractivity contribution in [3.63, 3.8) is 0 Å². The molecule has 1 heterocycles. The van der Waals surface area contributed by atoms with E-state index in [1.807, 2.05) is 27.7 Å². The molecule has 0 aliphatic carbocycles. The van der Waals surface area contributed by atoms with Crippen molar-refractivity contribution < 1.29 is 9.53 Å². The van der Waals surface area contributed by atoms with Crippen molar-refractivity contribution in [2.24, 2.45) is 0 Å². The lowest BCUT2D eigenvalue weighted by Crippen LogP contribution is -2.39. The molecule has 118 valence electrons. The van der Waals surface area contributed by atoms with Crippen LogP contribution in [0.3, 0.4) is 0 Å². The first-order chi connectivity index (χ1) is 9.96. The van der Waals surface area contributed by atoms with E-state index in [1.165, 1.54) is 0 Å². The lowest BCUT2D eigenvalue weighted by Gasteiger charge is -2.18. The summed E-state index contributed by atoms with van der Waals surface area (Å²) in [5.41, 5.74) is 0. The Bertz CT molecular complexity index is 442. The summed E-state index contributed by atoms with van der Waals surface area (Å²) in [5, 5.41) is 5.84. The Labute approximate surface area is 125 Å². The first-order valence-corrected chi connectivity index (χ1v) is 7.09. The zero-order chi connectivity index (χ0) is 15.8. The van der Waals surface area contributed by atoms with Crippen molar-refractivity contribution in [3.8, 4) is 6.01 Å². The number of likely N-dealkylation sites (N-methyl/N-ethyl adjacent to an activating group) is 1. The van der Waals surface area contributed by atoms with Crippen LogP contribution in [0.25, 0.3) is 0 Å². The van der Waals surface area contributed by atoms with Crippen LogP contribution in [0.15, 0.2) is 0 Å². The quantitative estimate of drug-likeness (QED) is 0.728. The van der Waals surface area contributed by atoms with E-state index in [1.54, 1.807) is 11.9 Å². The Hall–Kier alpha value is -2.12. The molecule has 0 aliphatic rings. The van der Waals surface area contributed by atoms with Gasteiger partial charge in [-0.05, 0) is 27.7 Å². The number of carbonyl (C=O) groups is 1. The lowest BCUT2D eigenvalue weighted by molar-refractivity contribution is -0.120. The molecule has 0 aromatic carbocycles. The number of hydrogen-bond donors (Lipinski definition) is 2. The fourth-order valence-electron chi connectivity index (χ4n) is 1.60. The van der Waals surface area contributed by atoms with E-state index in [0.29, 0.717) is 25.0 Å². The summed E-state index contributed by atoms with van der Waals surface area (Å²) in [7, 11) is 1.75. The second-order valence-electron chi connectivity index (χ2n) is 4.78. The maximum Gasteiger partial charge on any atom is 0.323 e. The Balaban J connectivity index is 2.85. The highest BCUT2D eigenvalue weighted by molar-refractivity contribution is 5.80. The van der Waals surface area contributed by atoms with Crippen molar-refractivity contribution in [1.82, 2.24) is 20.3 Å². The fourth-order valence-corrected chi connectivity index (χ4v) is 1.60. The lowest BCUT2D eigenvalue weighted by atomic mass is 10.4. The van der Waals surface area contributed by atoms with Gasteiger partial charge >= 0.3 is 6.01 Å². The fraction of sp³-hybridized carbons (Fsp3) is 0.692. The average molecular weight is 296 g/mol. The van der Waals surface area contributed by atoms with Crippen LogP contribution in [0.5, 0.6) is 6.01 Å². The average Bonchev–Trinajstić information content (AvgIpc) is 2.38. The molecule has 0 bridgehead atoms. The van der Waals surface area contributed by atoms with Crippen LogP contribution in [0.1, 0.15) is 27.7 Å². The van der Waals surface area contributed by atoms with Crippen LogP contribution in [0.2, 0.25) is 0 Å². The molecular formula is C13H24N6O2. The smallest absolute Gasteiger partial charge is 0.323 e. The van der Waals surface area contributed by atoms with Gasteiger partial charge in [-0.15, -0.1) is 0 Å². The van der Waals surface area contributed by atoms with E-state index in [-0.39, 0.29) is 24.5 Å². The molecule has 0 spiro atoms. The van der Waals surface area contributed by atoms with E-state index in [0.717, 1.165) is 0 Å². The zero-order valence-electron chi connectivity index (χ0n) is 13.3. The monoisotopic (exact) mass is 296 g/mol. The van der Waals surface area contributed by atoms with Crippen LogP contribution in [-0.4, -0.2) is 53.6 Å². The summed E-state index contributed by atoms with van der Waals surface area (Å²) in [5.74, 6) is 0.737. The van der Waals surface area contributed by atoms with E-state index in [9.17, 15) is 4.79 Å². The van der Waals surface area contributed by atoms with Gasteiger partial charge in [-0.3, -0.25) is 4.79 Å². The van der Waals surface area contributed by atoms with E-state index >= 15 is 0 Å². The number of hydrogen-bond acceptors (Lipinski definition) is 7. The van der Waals surface area contributed by atoms with Crippen LogP contribution in [0.4, 0.5) is 11.9 Å². The molecule has 0 atom stereocenters. The summed E-state index contributed by atoms with van der Waals surface area (Å²) in [4.78, 5) is 26.1. The third kappa shape index (κ3) is 5.80. The number of rotatable bonds is 8. The summed E-state index contributed by atoms with van der Waals surface area (Å²) < 4.78 is 5.32. The number of aromatic nitrogens is 3. The van der Waals surface area contributed by atoms with Crippen molar-refractivity contribution in [1.29, 1.82) is 0 Å². The second-order valence-corrected chi connectivity index (χ2v) is 4.78. The topological polar surface area (TPSA) is 92.3 Å². The normalized spacial score (nSPS) is 10.4. The molecule has 0 radical (unpaired) electrons. The van der Waals surface area contributed by atoms with E-state index in [2.05, 4.69) is 25.6 Å². The number of carbonyl (C=O) groups excluding carboxylic acids is 1. The minimum atomic E-state index is -0.0872. The minimum absolute atomic E-state index is 0.0872. The van der Waals surface area contributed by atoms with Gasteiger partial charge in [0.15, 0.2) is 0 Å². The van der Waals surface area contributed by atoms with Crippen LogP contribution >= 0.6 is 0 Å². The predicted octanol–water partition coefficient (Wildman–Crippen LogP) is 0.663. The summed E-state index contributed by atoms with van der Waals surface area (Å²) in [6.07, 6.45) is 0. The third-order valence-electron chi connectivity index (χ3n) is 2.38. The maximum atomic E-state index is 11.8. The van der Waals surface area contributed by atoms with Gasteiger partial charge in [-0.25, -0.2) is 0 Å². The zero-order valence-corrected chi connectivity index (χ0v) is 13.3. The van der Waals surface area contributed by atoms with Gasteiger partial charge in [-0.1, -0.05) is 0 Å². The van der Waals surface area contributed by atoms with Crippen LogP contribution in [0, 0.1) is 0 Å². The minimum Gasteiger partial charge on any atom is -0.464 e. The number of amides is 1. The number of anilines is 2. The number of nitrogens with zero attached hydrogens (tertiary/aromatic N) is 4. The van der Waals surface area contributed by atoms with Gasteiger partial charge in [0.25, 0.3) is 0 Å². The maximum absolute atomic E-state index is 11.8. The van der Waals surface area contributed by atoms with Crippen LogP contribution in [-0.2, 0) is 4.79 Å². The SMILES string of the molecule is CCNc1nc(OCC)nc(N(C)CC(=O)NC(C)C)n1. The second kappa shape index (κ2) is 8.23. The molecule has 8 nitrogen and oxygen atoms in total. The Morgan fingerprint density at radius 1 is 1.29 bits per heavy atom. The molecule has 0 saturated heterocycles. The molecule has 0 fully saturated rings. The Morgan fingerprint density at radius 3 is 2.57 bits per heavy atom. The summed E-state index contributed by atoms with van der Waals surface area (Å²) in [6, 6.07) is 0.343. The highest BCUT2D eigenvalue weighted by Crippen LogP contribution is 2.13. The third-order valence-corrected chi connectivity index (χ3v) is 2.38. The molecule has 0 unspecified atom stereocenters. The molecule has 8 heteroatoms. The molecule has 1 amide bonds. The Morgan fingerprint density at radius 2 is 2.00 bits per heavy atom. The molecule has 1 rings (SSSR count). The van der Waals surface area contributed by atoms with E-state index < -0.39 is 0 Å². The Kier molecular flexibility index (Phi) is 6.64. The molecule has 0 aliphatic heterocycles. The van der Waals surface area contributed by atoms with Crippen molar-refractivity contribution in [3.05, 3.63) is 0 Å². The largest absolute Gasteiger partial charge is 0.464 e. The standard InChI is InChI=1S/C13H24N6O2/c1-6-14-11-16-12(18-13(17-11)21-7-2)19(5)8-10(20)15-9(3)4/h9H,6-8H2,1-5H3,(H,15,20)(H,14,16,17,18). The molecule has 21 heavy (non-hydrogen) atoms. The van der Waals surface area contributed by atoms with Crippen molar-refractivity contribution in [2.45, 2.75) is 33.7 Å². The van der Waals surface area contributed by atoms with Gasteiger partial charge in [0.1, 0.15) is 0 Å². The molecule has 2 N–H and O–H groups in total. The number of nitrogens with one attached hydrogen (secondary N) is 2. The molecule has 0 saturated carbocycles. The first-order valence-electron chi connectivity index (χ1n) is 7.09. The van der Waals surface area contributed by atoms with Crippen molar-refractivity contribution in [2.75, 3.05) is 37.0 Å². The molecule has 1 aromatic rings. The van der Waals surface area contributed by atoms with E-state index in [4.69, 9.17) is 4.74 Å². The summed E-state index contributed by atoms with van der Waals surface area (Å²) in [6.45, 7) is 8.95. The van der Waals surface area contributed by atoms with Gasteiger partial charge in [0.2, 0.25) is 17.8 Å². The highest BCUT2D eigenvalue weighted by Gasteiger charge is 2.14. The van der Waals surface area contributed by atoms with Gasteiger partial charge in [-0.2, -0.15) is 15.0 Å². The molecule has 1 aromatic heterocycles. The number of ether oxygens (including phenoxy) is 1. The predicted molar refractivity (Wildman–Crippen MR) is 81.7 cm³/mol. The first kappa shape index (κ1) is 16.9. The van der Waals surface area contributed by atoms with Crippen LogP contribution < -0.4 is 20.3 Å².